The van der Waals surface area contributed by atoms with E-state index in [-0.39, 0.29) is 6.03 Å². The Morgan fingerprint density at radius 2 is 2.00 bits per heavy atom. The van der Waals surface area contributed by atoms with Crippen molar-refractivity contribution in [2.45, 2.75) is 12.8 Å². The van der Waals surface area contributed by atoms with Gasteiger partial charge in [-0.3, -0.25) is 0 Å². The first-order valence-electron chi connectivity index (χ1n) is 5.25. The summed E-state index contributed by atoms with van der Waals surface area (Å²) < 4.78 is 0. The maximum absolute atomic E-state index is 11.3. The lowest BCUT2D eigenvalue weighted by Gasteiger charge is -2.32. The molecule has 0 aromatic heterocycles. The molecule has 0 aliphatic carbocycles. The standard InChI is InChI=1S/C10H21N3O/c1-11-10(14)13-6-4-9(5-7-13)8-12(2)3/h9H,4-8H2,1-3H3,(H,11,14). The van der Waals surface area contributed by atoms with E-state index in [0.717, 1.165) is 38.4 Å². The van der Waals surface area contributed by atoms with E-state index in [4.69, 9.17) is 0 Å². The Labute approximate surface area is 86.2 Å². The number of amides is 2. The quantitative estimate of drug-likeness (QED) is 0.707. The highest BCUT2D eigenvalue weighted by atomic mass is 16.2. The molecule has 0 aromatic rings. The zero-order valence-electron chi connectivity index (χ0n) is 9.42. The van der Waals surface area contributed by atoms with Crippen molar-refractivity contribution in [1.29, 1.82) is 0 Å². The molecule has 0 aromatic carbocycles. The average Bonchev–Trinajstić information content (AvgIpc) is 2.17. The van der Waals surface area contributed by atoms with Crippen LogP contribution in [0, 0.1) is 5.92 Å². The van der Waals surface area contributed by atoms with Gasteiger partial charge >= 0.3 is 6.03 Å². The lowest BCUT2D eigenvalue weighted by molar-refractivity contribution is 0.161. The number of carbonyl (C=O) groups excluding carboxylic acids is 1. The van der Waals surface area contributed by atoms with Gasteiger partial charge in [0.15, 0.2) is 0 Å². The zero-order valence-corrected chi connectivity index (χ0v) is 9.42. The van der Waals surface area contributed by atoms with Crippen LogP contribution >= 0.6 is 0 Å². The van der Waals surface area contributed by atoms with Crippen LogP contribution in [0.15, 0.2) is 0 Å². The SMILES string of the molecule is CNC(=O)N1CCC(CN(C)C)CC1. The van der Waals surface area contributed by atoms with E-state index in [1.165, 1.54) is 0 Å². The number of hydrogen-bond donors (Lipinski definition) is 1. The van der Waals surface area contributed by atoms with Gasteiger partial charge in [0.2, 0.25) is 0 Å². The topological polar surface area (TPSA) is 35.6 Å². The monoisotopic (exact) mass is 199 g/mol. The molecule has 82 valence electrons. The fraction of sp³-hybridized carbons (Fsp3) is 0.900. The minimum absolute atomic E-state index is 0.0632. The first-order valence-corrected chi connectivity index (χ1v) is 5.25. The highest BCUT2D eigenvalue weighted by Crippen LogP contribution is 2.17. The van der Waals surface area contributed by atoms with Crippen molar-refractivity contribution in [3.63, 3.8) is 0 Å². The summed E-state index contributed by atoms with van der Waals surface area (Å²) in [4.78, 5) is 15.4. The van der Waals surface area contributed by atoms with E-state index in [0.29, 0.717) is 0 Å². The number of hydrogen-bond acceptors (Lipinski definition) is 2. The summed E-state index contributed by atoms with van der Waals surface area (Å²) in [5, 5.41) is 2.67. The molecule has 0 bridgehead atoms. The predicted octanol–water partition coefficient (Wildman–Crippen LogP) is 0.599. The van der Waals surface area contributed by atoms with E-state index in [1.807, 2.05) is 4.90 Å². The van der Waals surface area contributed by atoms with Crippen LogP contribution in [0.25, 0.3) is 0 Å². The van der Waals surface area contributed by atoms with Gasteiger partial charge in [-0.05, 0) is 32.9 Å². The third-order valence-corrected chi connectivity index (χ3v) is 2.74. The fourth-order valence-corrected chi connectivity index (χ4v) is 1.99. The summed E-state index contributed by atoms with van der Waals surface area (Å²) >= 11 is 0. The second-order valence-electron chi connectivity index (χ2n) is 4.25. The van der Waals surface area contributed by atoms with Gasteiger partial charge < -0.3 is 15.1 Å². The van der Waals surface area contributed by atoms with Gasteiger partial charge in [-0.1, -0.05) is 0 Å². The number of carbonyl (C=O) groups is 1. The van der Waals surface area contributed by atoms with Crippen molar-refractivity contribution in [2.75, 3.05) is 40.8 Å². The van der Waals surface area contributed by atoms with Crippen molar-refractivity contribution in [2.24, 2.45) is 5.92 Å². The summed E-state index contributed by atoms with van der Waals surface area (Å²) in [5.74, 6) is 0.755. The van der Waals surface area contributed by atoms with E-state index in [1.54, 1.807) is 7.05 Å². The molecule has 0 spiro atoms. The van der Waals surface area contributed by atoms with E-state index in [9.17, 15) is 4.79 Å². The molecule has 1 N–H and O–H groups in total. The van der Waals surface area contributed by atoms with Crippen LogP contribution < -0.4 is 5.32 Å². The maximum Gasteiger partial charge on any atom is 0.317 e. The molecule has 1 rings (SSSR count). The molecule has 1 heterocycles. The summed E-state index contributed by atoms with van der Waals surface area (Å²) in [6.45, 7) is 2.94. The Hall–Kier alpha value is -0.770. The van der Waals surface area contributed by atoms with Crippen LogP contribution in [-0.2, 0) is 0 Å². The summed E-state index contributed by atoms with van der Waals surface area (Å²) in [6.07, 6.45) is 2.26. The van der Waals surface area contributed by atoms with Gasteiger partial charge in [0.25, 0.3) is 0 Å². The minimum Gasteiger partial charge on any atom is -0.341 e. The van der Waals surface area contributed by atoms with Crippen LogP contribution in [0.4, 0.5) is 4.79 Å². The lowest BCUT2D eigenvalue weighted by Crippen LogP contribution is -2.44. The zero-order chi connectivity index (χ0) is 10.6. The average molecular weight is 199 g/mol. The Balaban J connectivity index is 2.27. The van der Waals surface area contributed by atoms with Crippen LogP contribution in [-0.4, -0.2) is 56.6 Å². The molecule has 4 nitrogen and oxygen atoms in total. The van der Waals surface area contributed by atoms with Crippen molar-refractivity contribution in [1.82, 2.24) is 15.1 Å². The largest absolute Gasteiger partial charge is 0.341 e. The predicted molar refractivity (Wildman–Crippen MR) is 57.3 cm³/mol. The maximum atomic E-state index is 11.3. The van der Waals surface area contributed by atoms with Crippen molar-refractivity contribution in [3.8, 4) is 0 Å². The normalized spacial score (nSPS) is 18.7. The number of nitrogens with one attached hydrogen (secondary N) is 1. The Kier molecular flexibility index (Phi) is 4.20. The van der Waals surface area contributed by atoms with E-state index in [2.05, 4.69) is 24.3 Å². The van der Waals surface area contributed by atoms with Gasteiger partial charge in [-0.2, -0.15) is 0 Å². The Morgan fingerprint density at radius 3 is 2.43 bits per heavy atom. The van der Waals surface area contributed by atoms with Crippen molar-refractivity contribution >= 4 is 6.03 Å². The molecule has 0 atom stereocenters. The van der Waals surface area contributed by atoms with Gasteiger partial charge in [0.1, 0.15) is 0 Å². The van der Waals surface area contributed by atoms with E-state index >= 15 is 0 Å². The van der Waals surface area contributed by atoms with Gasteiger partial charge in [-0.25, -0.2) is 4.79 Å². The van der Waals surface area contributed by atoms with Crippen LogP contribution in [0.5, 0.6) is 0 Å². The summed E-state index contributed by atoms with van der Waals surface area (Å²) in [7, 11) is 5.89. The number of piperidine rings is 1. The highest BCUT2D eigenvalue weighted by Gasteiger charge is 2.21. The fourth-order valence-electron chi connectivity index (χ4n) is 1.99. The second kappa shape index (κ2) is 5.20. The smallest absolute Gasteiger partial charge is 0.317 e. The summed E-state index contributed by atoms with van der Waals surface area (Å²) in [5.41, 5.74) is 0. The molecule has 1 aliphatic rings. The first kappa shape index (κ1) is 11.3. The van der Waals surface area contributed by atoms with Crippen LogP contribution in [0.3, 0.4) is 0 Å². The highest BCUT2D eigenvalue weighted by molar-refractivity contribution is 5.73. The molecular weight excluding hydrogens is 178 g/mol. The molecule has 4 heteroatoms. The number of urea groups is 1. The van der Waals surface area contributed by atoms with Crippen molar-refractivity contribution < 1.29 is 4.79 Å². The lowest BCUT2D eigenvalue weighted by atomic mass is 9.97. The molecule has 1 aliphatic heterocycles. The Bertz CT molecular complexity index is 186. The first-order chi connectivity index (χ1) is 6.63. The molecule has 0 saturated carbocycles. The third kappa shape index (κ3) is 3.18. The molecule has 1 saturated heterocycles. The number of likely N-dealkylation sites (tertiary alicyclic amines) is 1. The summed E-state index contributed by atoms with van der Waals surface area (Å²) in [6, 6.07) is 0.0632. The third-order valence-electron chi connectivity index (χ3n) is 2.74. The van der Waals surface area contributed by atoms with Gasteiger partial charge in [0.05, 0.1) is 0 Å². The molecule has 1 fully saturated rings. The Morgan fingerprint density at radius 1 is 1.43 bits per heavy atom. The van der Waals surface area contributed by atoms with Gasteiger partial charge in [-0.15, -0.1) is 0 Å². The molecule has 2 amide bonds. The molecule has 0 unspecified atom stereocenters. The molecule has 14 heavy (non-hydrogen) atoms. The second-order valence-corrected chi connectivity index (χ2v) is 4.25. The number of rotatable bonds is 2. The van der Waals surface area contributed by atoms with Gasteiger partial charge in [0, 0.05) is 26.7 Å². The van der Waals surface area contributed by atoms with Crippen LogP contribution in [0.2, 0.25) is 0 Å². The van der Waals surface area contributed by atoms with Crippen LogP contribution in [0.1, 0.15) is 12.8 Å². The molecule has 0 radical (unpaired) electrons. The van der Waals surface area contributed by atoms with E-state index < -0.39 is 0 Å². The van der Waals surface area contributed by atoms with Crippen molar-refractivity contribution in [3.05, 3.63) is 0 Å². The molecular formula is C10H21N3O. The number of nitrogens with zero attached hydrogens (tertiary/aromatic N) is 2. The minimum atomic E-state index is 0.0632.